The van der Waals surface area contributed by atoms with Crippen LogP contribution in [0.15, 0.2) is 109 Å². The van der Waals surface area contributed by atoms with Crippen molar-refractivity contribution < 1.29 is 0 Å². The van der Waals surface area contributed by atoms with Crippen LogP contribution >= 0.6 is 0 Å². The molecule has 0 spiro atoms. The Morgan fingerprint density at radius 1 is 0.435 bits per heavy atom. The zero-order chi connectivity index (χ0) is 32.1. The van der Waals surface area contributed by atoms with Gasteiger partial charge in [0.1, 0.15) is 0 Å². The molecule has 2 heteroatoms. The van der Waals surface area contributed by atoms with E-state index in [1.165, 1.54) is 88.9 Å². The molecule has 0 bridgehead atoms. The molecule has 46 heavy (non-hydrogen) atoms. The lowest BCUT2D eigenvalue weighted by atomic mass is 9.84. The summed E-state index contributed by atoms with van der Waals surface area (Å²) < 4.78 is 0. The lowest BCUT2D eigenvalue weighted by molar-refractivity contribution is 0.438. The third kappa shape index (κ3) is 9.74. The summed E-state index contributed by atoms with van der Waals surface area (Å²) in [5.74, 6) is 3.38. The van der Waals surface area contributed by atoms with Gasteiger partial charge < -0.3 is 9.80 Å². The van der Waals surface area contributed by atoms with E-state index in [1.807, 2.05) is 0 Å². The van der Waals surface area contributed by atoms with Crippen molar-refractivity contribution >= 4 is 11.4 Å². The summed E-state index contributed by atoms with van der Waals surface area (Å²) in [5, 5.41) is 0. The minimum absolute atomic E-state index is 0.792. The van der Waals surface area contributed by atoms with Crippen LogP contribution in [0.4, 0.5) is 11.4 Å². The number of hydrogen-bond donors (Lipinski definition) is 0. The Morgan fingerprint density at radius 2 is 0.891 bits per heavy atom. The second-order valence-electron chi connectivity index (χ2n) is 14.3. The maximum Gasteiger partial charge on any atom is 0.0366 e. The number of benzene rings is 4. The molecule has 3 atom stereocenters. The van der Waals surface area contributed by atoms with Crippen LogP contribution in [0.25, 0.3) is 0 Å². The normalized spacial score (nSPS) is 21.8. The highest BCUT2D eigenvalue weighted by Crippen LogP contribution is 2.32. The highest BCUT2D eigenvalue weighted by molar-refractivity contribution is 5.47. The van der Waals surface area contributed by atoms with Gasteiger partial charge in [-0.05, 0) is 122 Å². The zero-order valence-electron chi connectivity index (χ0n) is 29.1. The highest BCUT2D eigenvalue weighted by Gasteiger charge is 2.19. The van der Waals surface area contributed by atoms with E-state index in [4.69, 9.17) is 0 Å². The van der Waals surface area contributed by atoms with E-state index in [0.717, 1.165) is 23.7 Å². The second-order valence-corrected chi connectivity index (χ2v) is 14.3. The van der Waals surface area contributed by atoms with Crippen molar-refractivity contribution in [2.75, 3.05) is 36.0 Å². The summed E-state index contributed by atoms with van der Waals surface area (Å²) in [6.07, 6.45) is 10.7. The molecular formula is C44H58N2. The van der Waals surface area contributed by atoms with Crippen LogP contribution < -0.4 is 9.80 Å². The van der Waals surface area contributed by atoms with E-state index in [-0.39, 0.29) is 0 Å². The van der Waals surface area contributed by atoms with Crippen molar-refractivity contribution in [1.29, 1.82) is 0 Å². The van der Waals surface area contributed by atoms with Crippen LogP contribution in [0.3, 0.4) is 0 Å². The molecule has 4 aromatic carbocycles. The van der Waals surface area contributed by atoms with E-state index in [2.05, 4.69) is 147 Å². The van der Waals surface area contributed by atoms with E-state index in [9.17, 15) is 0 Å². The average molecular weight is 615 g/mol. The monoisotopic (exact) mass is 614 g/mol. The van der Waals surface area contributed by atoms with E-state index in [0.29, 0.717) is 0 Å². The summed E-state index contributed by atoms with van der Waals surface area (Å²) in [6.45, 7) is 14.2. The quantitative estimate of drug-likeness (QED) is 0.222. The number of anilines is 2. The summed E-state index contributed by atoms with van der Waals surface area (Å²) in [4.78, 5) is 4.95. The van der Waals surface area contributed by atoms with Gasteiger partial charge in [0.25, 0.3) is 0 Å². The summed E-state index contributed by atoms with van der Waals surface area (Å²) in [6, 6.07) is 39.0. The fourth-order valence-electron chi connectivity index (χ4n) is 7.48. The lowest BCUT2D eigenvalue weighted by Crippen LogP contribution is -2.32. The number of hydrogen-bond acceptors (Lipinski definition) is 2. The average Bonchev–Trinajstić information content (AvgIpc) is 3.72. The van der Waals surface area contributed by atoms with Gasteiger partial charge in [0, 0.05) is 37.6 Å². The number of para-hydroxylation sites is 2. The molecule has 4 aliphatic rings. The van der Waals surface area contributed by atoms with Crippen molar-refractivity contribution in [3.63, 3.8) is 0 Å². The van der Waals surface area contributed by atoms with Gasteiger partial charge in [-0.2, -0.15) is 0 Å². The summed E-state index contributed by atoms with van der Waals surface area (Å²) in [7, 11) is 0. The predicted molar refractivity (Wildman–Crippen MR) is 200 cm³/mol. The molecule has 0 radical (unpaired) electrons. The van der Waals surface area contributed by atoms with Crippen LogP contribution in [-0.2, 0) is 12.8 Å². The predicted octanol–water partition coefficient (Wildman–Crippen LogP) is 11.3. The molecule has 2 fully saturated rings. The van der Waals surface area contributed by atoms with Crippen molar-refractivity contribution in [3.8, 4) is 0 Å². The van der Waals surface area contributed by atoms with Gasteiger partial charge in [0.2, 0.25) is 0 Å². The Hall–Kier alpha value is -3.52. The fraction of sp³-hybridized carbons (Fsp3) is 0.455. The fourth-order valence-corrected chi connectivity index (χ4v) is 7.48. The van der Waals surface area contributed by atoms with Gasteiger partial charge in [-0.25, -0.2) is 0 Å². The van der Waals surface area contributed by atoms with Crippen molar-refractivity contribution in [3.05, 3.63) is 131 Å². The molecule has 3 unspecified atom stereocenters. The number of fused-ring (bicyclic) bond motifs is 2. The first-order chi connectivity index (χ1) is 22.5. The van der Waals surface area contributed by atoms with Gasteiger partial charge in [-0.1, -0.05) is 113 Å². The molecule has 4 aromatic rings. The minimum Gasteiger partial charge on any atom is -0.372 e. The smallest absolute Gasteiger partial charge is 0.0366 e. The second kappa shape index (κ2) is 17.4. The van der Waals surface area contributed by atoms with Gasteiger partial charge in [-0.3, -0.25) is 0 Å². The van der Waals surface area contributed by atoms with Gasteiger partial charge in [-0.15, -0.1) is 0 Å². The molecule has 2 saturated heterocycles. The lowest BCUT2D eigenvalue weighted by Gasteiger charge is -2.32. The minimum atomic E-state index is 0.792. The molecule has 2 heterocycles. The molecule has 0 saturated carbocycles. The van der Waals surface area contributed by atoms with Crippen LogP contribution in [0, 0.1) is 11.8 Å². The molecule has 0 N–H and O–H groups in total. The molecule has 244 valence electrons. The van der Waals surface area contributed by atoms with Crippen molar-refractivity contribution in [2.45, 2.75) is 90.9 Å². The van der Waals surface area contributed by atoms with Crippen LogP contribution in [0.5, 0.6) is 0 Å². The third-order valence-electron chi connectivity index (χ3n) is 10.6. The topological polar surface area (TPSA) is 6.48 Å². The molecule has 8 rings (SSSR count). The first kappa shape index (κ1) is 33.8. The van der Waals surface area contributed by atoms with E-state index >= 15 is 0 Å². The van der Waals surface area contributed by atoms with Gasteiger partial charge in [0.15, 0.2) is 0 Å². The van der Waals surface area contributed by atoms with Crippen LogP contribution in [0.2, 0.25) is 0 Å². The highest BCUT2D eigenvalue weighted by atomic mass is 15.1. The standard InChI is InChI=1S/C12H17N.C11H15N.C11H14.C10H12/c1-11-7-9-13(10-8-11)12-5-3-2-4-6-12;1-10-7-8-12(9-10)11-5-3-2-4-6-11;1-9-5-4-7-10-6-2-3-8-11(9)10;1-8-6-7-9-4-2-3-5-10(8)9/h2-6,11H,7-10H2,1H3;2-6,10H,7-9H2,1H3;2-3,6,8-9H,4-5,7H2,1H3;2-5,8H,6-7H2,1H3. The first-order valence-corrected chi connectivity index (χ1v) is 18.2. The van der Waals surface area contributed by atoms with Crippen LogP contribution in [-0.4, -0.2) is 26.2 Å². The molecule has 0 aromatic heterocycles. The molecule has 2 aliphatic carbocycles. The Balaban J connectivity index is 0.000000121. The number of piperidine rings is 1. The Kier molecular flexibility index (Phi) is 12.8. The summed E-state index contributed by atoms with van der Waals surface area (Å²) in [5.41, 5.74) is 9.05. The Labute approximate surface area is 280 Å². The van der Waals surface area contributed by atoms with Gasteiger partial charge >= 0.3 is 0 Å². The molecule has 2 aliphatic heterocycles. The van der Waals surface area contributed by atoms with Crippen LogP contribution in [0.1, 0.15) is 100 Å². The van der Waals surface area contributed by atoms with Gasteiger partial charge in [0.05, 0.1) is 0 Å². The van der Waals surface area contributed by atoms with E-state index < -0.39 is 0 Å². The molecule has 0 amide bonds. The maximum atomic E-state index is 2.49. The maximum absolute atomic E-state index is 2.49. The molecular weight excluding hydrogens is 556 g/mol. The SMILES string of the molecule is CC1CCCc2ccccc21.CC1CCN(c2ccccc2)C1.CC1CCN(c2ccccc2)CC1.CC1CCc2ccccc21. The zero-order valence-corrected chi connectivity index (χ0v) is 29.1. The Bertz CT molecular complexity index is 1420. The summed E-state index contributed by atoms with van der Waals surface area (Å²) >= 11 is 0. The van der Waals surface area contributed by atoms with Crippen molar-refractivity contribution in [1.82, 2.24) is 0 Å². The molecule has 2 nitrogen and oxygen atoms in total. The Morgan fingerprint density at radius 3 is 1.41 bits per heavy atom. The number of nitrogens with zero attached hydrogens (tertiary/aromatic N) is 2. The van der Waals surface area contributed by atoms with E-state index in [1.54, 1.807) is 22.3 Å². The largest absolute Gasteiger partial charge is 0.372 e. The number of aryl methyl sites for hydroxylation is 2. The first-order valence-electron chi connectivity index (χ1n) is 18.2. The number of rotatable bonds is 2. The van der Waals surface area contributed by atoms with Crippen molar-refractivity contribution in [2.24, 2.45) is 11.8 Å². The third-order valence-corrected chi connectivity index (χ3v) is 10.6.